The van der Waals surface area contributed by atoms with Crippen LogP contribution in [0.2, 0.25) is 0 Å². The Morgan fingerprint density at radius 2 is 1.13 bits per heavy atom. The number of benzene rings is 4. The maximum absolute atomic E-state index is 13.6. The lowest BCUT2D eigenvalue weighted by Gasteiger charge is -2.41. The minimum atomic E-state index is -4.59. The van der Waals surface area contributed by atoms with E-state index >= 15 is 0 Å². The first kappa shape index (κ1) is 45.3. The summed E-state index contributed by atoms with van der Waals surface area (Å²) in [5, 5.41) is 18.5. The molecule has 0 radical (unpaired) electrons. The molecule has 2 atom stereocenters. The van der Waals surface area contributed by atoms with Crippen molar-refractivity contribution in [1.82, 2.24) is 14.8 Å². The van der Waals surface area contributed by atoms with Crippen LogP contribution in [0.25, 0.3) is 11.3 Å². The van der Waals surface area contributed by atoms with Gasteiger partial charge in [0.2, 0.25) is 0 Å². The predicted molar refractivity (Wildman–Crippen MR) is 225 cm³/mol. The van der Waals surface area contributed by atoms with E-state index in [2.05, 4.69) is 11.1 Å². The predicted octanol–water partition coefficient (Wildman–Crippen LogP) is 10.1. The van der Waals surface area contributed by atoms with Crippen molar-refractivity contribution in [2.75, 3.05) is 23.9 Å². The summed E-state index contributed by atoms with van der Waals surface area (Å²) < 4.78 is 85.2. The molecule has 0 saturated heterocycles. The van der Waals surface area contributed by atoms with Gasteiger partial charge in [0.05, 0.1) is 64.0 Å². The van der Waals surface area contributed by atoms with Gasteiger partial charge in [0.1, 0.15) is 6.29 Å². The second-order valence-corrected chi connectivity index (χ2v) is 15.8. The molecule has 4 amide bonds. The second kappa shape index (κ2) is 17.2. The highest BCUT2D eigenvalue weighted by molar-refractivity contribution is 6.09. The number of urea groups is 2. The largest absolute Gasteiger partial charge is 0.444 e. The van der Waals surface area contributed by atoms with Crippen molar-refractivity contribution in [1.29, 1.82) is 10.5 Å². The number of oxazole rings is 1. The van der Waals surface area contributed by atoms with Crippen molar-refractivity contribution in [3.8, 4) is 23.5 Å². The summed E-state index contributed by atoms with van der Waals surface area (Å²) in [5.74, 6) is -0.0948. The summed E-state index contributed by atoms with van der Waals surface area (Å²) in [4.78, 5) is 73.3. The highest BCUT2D eigenvalue weighted by Crippen LogP contribution is 2.48. The molecular formula is C48H33F6N7O6. The van der Waals surface area contributed by atoms with Crippen molar-refractivity contribution in [3.05, 3.63) is 159 Å². The SMILES string of the molecule is CN1C(=O)N(c2cccc(C(F)(F)F)c2)C2=C(C(=O)CC2)C1c1ccc(C#N)cc1-c1cnco1.CN1C(=O)N(c2cccc(C(F)(F)F)c2)C2=C(C(=O)CC2)C1c1ccc(C#N)cc1C=O. The van der Waals surface area contributed by atoms with Gasteiger partial charge in [-0.05, 0) is 84.6 Å². The van der Waals surface area contributed by atoms with E-state index in [1.807, 2.05) is 6.07 Å². The molecule has 2 aliphatic carbocycles. The van der Waals surface area contributed by atoms with Gasteiger partial charge in [-0.25, -0.2) is 14.6 Å². The van der Waals surface area contributed by atoms with E-state index in [0.29, 0.717) is 51.3 Å². The van der Waals surface area contributed by atoms with Crippen LogP contribution in [0.15, 0.2) is 124 Å². The summed E-state index contributed by atoms with van der Waals surface area (Å²) in [6.07, 6.45) is -5.29. The number of Topliss-reactive ketones (excluding diaryl/α,β-unsaturated/α-hetero) is 2. The standard InChI is InChI=1S/C25H17F3N4O3.C23H16F3N3O3/c1-31-23(17-6-5-14(11-29)9-18(17)21-12-30-13-35-21)22-19(7-8-20(22)33)32(24(31)34)16-4-2-3-15(10-16)25(26,27)28;1-28-21(17-6-5-13(11-27)9-14(17)12-30)20-18(7-8-19(20)31)29(22(28)32)16-4-2-3-15(10-16)23(24,25)26/h2-6,9-10,12-13,23H,7-8H2,1H3;2-6,9-10,12,21H,7-8H2,1H3. The molecule has 1 aromatic heterocycles. The number of hydrogen-bond acceptors (Lipinski definition) is 9. The molecule has 13 nitrogen and oxygen atoms in total. The average Bonchev–Trinajstić information content (AvgIpc) is 4.08. The molecule has 3 heterocycles. The molecule has 338 valence electrons. The lowest BCUT2D eigenvalue weighted by atomic mass is 9.88. The number of nitrogens with zero attached hydrogens (tertiary/aromatic N) is 7. The number of nitriles is 2. The smallest absolute Gasteiger partial charge is 0.416 e. The summed E-state index contributed by atoms with van der Waals surface area (Å²) in [5.41, 5.74) is 1.70. The Hall–Kier alpha value is -8.32. The van der Waals surface area contributed by atoms with Crippen LogP contribution in [-0.2, 0) is 21.9 Å². The molecule has 2 aliphatic heterocycles. The van der Waals surface area contributed by atoms with E-state index in [9.17, 15) is 55.6 Å². The maximum atomic E-state index is 13.6. The third-order valence-electron chi connectivity index (χ3n) is 11.9. The van der Waals surface area contributed by atoms with Crippen LogP contribution in [0.5, 0.6) is 0 Å². The highest BCUT2D eigenvalue weighted by atomic mass is 19.4. The molecule has 19 heteroatoms. The third-order valence-corrected chi connectivity index (χ3v) is 11.9. The third kappa shape index (κ3) is 8.09. The number of likely N-dealkylation sites (N-methyl/N-ethyl adjacent to an activating group) is 2. The van der Waals surface area contributed by atoms with E-state index in [4.69, 9.17) is 9.68 Å². The molecule has 5 aromatic rings. The number of allylic oxidation sites excluding steroid dienone is 2. The normalized spacial score (nSPS) is 18.4. The topological polar surface area (TPSA) is 172 Å². The van der Waals surface area contributed by atoms with Crippen LogP contribution in [0.1, 0.15) is 81.5 Å². The minimum absolute atomic E-state index is 0.00719. The number of carbonyl (C=O) groups is 5. The summed E-state index contributed by atoms with van der Waals surface area (Å²) in [6.45, 7) is 0. The number of aldehydes is 1. The van der Waals surface area contributed by atoms with Crippen LogP contribution < -0.4 is 9.80 Å². The van der Waals surface area contributed by atoms with Gasteiger partial charge >= 0.3 is 24.4 Å². The fourth-order valence-electron chi connectivity index (χ4n) is 8.89. The van der Waals surface area contributed by atoms with Crippen LogP contribution >= 0.6 is 0 Å². The molecule has 9 rings (SSSR count). The van der Waals surface area contributed by atoms with Gasteiger partial charge in [-0.15, -0.1) is 0 Å². The number of amides is 4. The average molecular weight is 918 g/mol. The molecule has 0 bridgehead atoms. The summed E-state index contributed by atoms with van der Waals surface area (Å²) in [7, 11) is 2.92. The number of rotatable bonds is 6. The lowest BCUT2D eigenvalue weighted by Crippen LogP contribution is -2.48. The summed E-state index contributed by atoms with van der Waals surface area (Å²) >= 11 is 0. The molecule has 0 fully saturated rings. The van der Waals surface area contributed by atoms with Gasteiger partial charge < -0.3 is 14.2 Å². The Bertz CT molecular complexity index is 3050. The van der Waals surface area contributed by atoms with Crippen LogP contribution in [0.4, 0.5) is 47.3 Å². The minimum Gasteiger partial charge on any atom is -0.444 e. The van der Waals surface area contributed by atoms with E-state index in [1.165, 1.54) is 83.9 Å². The first-order chi connectivity index (χ1) is 31.9. The number of hydrogen-bond donors (Lipinski definition) is 0. The van der Waals surface area contributed by atoms with Crippen LogP contribution in [0.3, 0.4) is 0 Å². The fraction of sp³-hybridized carbons (Fsp3) is 0.208. The maximum Gasteiger partial charge on any atom is 0.416 e. The molecule has 0 spiro atoms. The molecule has 4 aliphatic rings. The molecule has 0 N–H and O–H groups in total. The molecule has 4 aromatic carbocycles. The van der Waals surface area contributed by atoms with Crippen molar-refractivity contribution < 1.29 is 54.7 Å². The Balaban J connectivity index is 0.000000182. The van der Waals surface area contributed by atoms with E-state index < -0.39 is 47.6 Å². The Morgan fingerprint density at radius 3 is 1.58 bits per heavy atom. The van der Waals surface area contributed by atoms with Crippen molar-refractivity contribution in [3.63, 3.8) is 0 Å². The van der Waals surface area contributed by atoms with Gasteiger partial charge in [-0.1, -0.05) is 24.3 Å². The zero-order chi connectivity index (χ0) is 48.1. The Kier molecular flexibility index (Phi) is 11.6. The summed E-state index contributed by atoms with van der Waals surface area (Å²) in [6, 6.07) is 19.1. The van der Waals surface area contributed by atoms with E-state index in [1.54, 1.807) is 18.2 Å². The number of aromatic nitrogens is 1. The highest BCUT2D eigenvalue weighted by Gasteiger charge is 2.47. The molecular weight excluding hydrogens is 885 g/mol. The van der Waals surface area contributed by atoms with Gasteiger partial charge in [0.15, 0.2) is 23.7 Å². The lowest BCUT2D eigenvalue weighted by molar-refractivity contribution is -0.138. The molecule has 2 unspecified atom stereocenters. The van der Waals surface area contributed by atoms with E-state index in [0.717, 1.165) is 29.2 Å². The van der Waals surface area contributed by atoms with Crippen LogP contribution in [0, 0.1) is 22.7 Å². The van der Waals surface area contributed by atoms with Gasteiger partial charge in [-0.2, -0.15) is 36.9 Å². The number of halogens is 6. The van der Waals surface area contributed by atoms with Crippen LogP contribution in [-0.4, -0.2) is 58.8 Å². The quantitative estimate of drug-likeness (QED) is 0.119. The number of alkyl halides is 6. The van der Waals surface area contributed by atoms with Gasteiger partial charge in [0.25, 0.3) is 0 Å². The Labute approximate surface area is 377 Å². The zero-order valence-corrected chi connectivity index (χ0v) is 35.1. The first-order valence-electron chi connectivity index (χ1n) is 20.3. The molecule has 67 heavy (non-hydrogen) atoms. The number of anilines is 2. The second-order valence-electron chi connectivity index (χ2n) is 15.8. The monoisotopic (exact) mass is 917 g/mol. The number of ketones is 2. The van der Waals surface area contributed by atoms with Gasteiger partial charge in [-0.3, -0.25) is 24.2 Å². The van der Waals surface area contributed by atoms with Crippen molar-refractivity contribution >= 4 is 41.3 Å². The van der Waals surface area contributed by atoms with E-state index in [-0.39, 0.29) is 65.3 Å². The zero-order valence-electron chi connectivity index (χ0n) is 35.1. The Morgan fingerprint density at radius 1 is 0.657 bits per heavy atom. The fourth-order valence-corrected chi connectivity index (χ4v) is 8.89. The van der Waals surface area contributed by atoms with Gasteiger partial charge in [0, 0.05) is 60.6 Å². The molecule has 0 saturated carbocycles. The first-order valence-corrected chi connectivity index (χ1v) is 20.3. The van der Waals surface area contributed by atoms with Crippen molar-refractivity contribution in [2.45, 2.75) is 50.1 Å². The van der Waals surface area contributed by atoms with Crippen molar-refractivity contribution in [2.24, 2.45) is 0 Å². The number of carbonyl (C=O) groups excluding carboxylic acids is 5.